The van der Waals surface area contributed by atoms with Crippen molar-refractivity contribution in [2.45, 2.75) is 51.9 Å². The highest BCUT2D eigenvalue weighted by molar-refractivity contribution is 14.1. The van der Waals surface area contributed by atoms with Gasteiger partial charge in [-0.25, -0.2) is 9.67 Å². The van der Waals surface area contributed by atoms with Gasteiger partial charge in [0.15, 0.2) is 14.1 Å². The van der Waals surface area contributed by atoms with Crippen LogP contribution in [0.15, 0.2) is 12.3 Å². The van der Waals surface area contributed by atoms with Gasteiger partial charge in [-0.2, -0.15) is 0 Å². The number of aryl methyl sites for hydroxylation is 1. The number of tetrazole rings is 1. The predicted molar refractivity (Wildman–Crippen MR) is 106 cm³/mol. The smallest absolute Gasteiger partial charge is 0.191 e. The van der Waals surface area contributed by atoms with Crippen molar-refractivity contribution in [1.82, 2.24) is 25.2 Å². The molecular weight excluding hydrogens is 435 g/mol. The van der Waals surface area contributed by atoms with Crippen molar-refractivity contribution in [1.29, 1.82) is 0 Å². The first-order chi connectivity index (χ1) is 11.1. The molecule has 2 aromatic rings. The third-order valence-corrected chi connectivity index (χ3v) is 9.85. The van der Waals surface area contributed by atoms with E-state index >= 15 is 0 Å². The average Bonchev–Trinajstić information content (AvgIpc) is 2.94. The number of rotatable bonds is 6. The largest absolute Gasteiger partial charge is 0.417 e. The quantitative estimate of drug-likeness (QED) is 0.404. The molecule has 2 heterocycles. The van der Waals surface area contributed by atoms with Crippen LogP contribution in [0.3, 0.4) is 0 Å². The number of nitrogens with zero attached hydrogens (tertiary/aromatic N) is 5. The molecule has 0 saturated heterocycles. The summed E-state index contributed by atoms with van der Waals surface area (Å²) in [6.45, 7) is 12.7. The lowest BCUT2D eigenvalue weighted by molar-refractivity contribution is 0.272. The van der Waals surface area contributed by atoms with Gasteiger partial charge < -0.3 is 10.2 Å². The van der Waals surface area contributed by atoms with E-state index in [4.69, 9.17) is 10.2 Å². The molecule has 0 bridgehead atoms. The number of hydrogen-bond acceptors (Lipinski definition) is 6. The van der Waals surface area contributed by atoms with Crippen LogP contribution < -0.4 is 5.73 Å². The first-order valence-electron chi connectivity index (χ1n) is 7.93. The van der Waals surface area contributed by atoms with E-state index in [9.17, 15) is 0 Å². The Morgan fingerprint density at radius 3 is 2.67 bits per heavy atom. The van der Waals surface area contributed by atoms with Crippen LogP contribution in [0.1, 0.15) is 27.2 Å². The molecule has 2 N–H and O–H groups in total. The highest BCUT2D eigenvalue weighted by Crippen LogP contribution is 2.36. The number of hydrogen-bond donors (Lipinski definition) is 1. The summed E-state index contributed by atoms with van der Waals surface area (Å²) in [5.41, 5.74) is 6.63. The van der Waals surface area contributed by atoms with Gasteiger partial charge in [-0.3, -0.25) is 0 Å². The van der Waals surface area contributed by atoms with Gasteiger partial charge >= 0.3 is 0 Å². The van der Waals surface area contributed by atoms with Crippen LogP contribution >= 0.6 is 22.6 Å². The van der Waals surface area contributed by atoms with E-state index in [0.29, 0.717) is 24.8 Å². The molecule has 2 aromatic heterocycles. The molecule has 0 fully saturated rings. The number of pyridine rings is 1. The molecule has 9 heteroatoms. The van der Waals surface area contributed by atoms with Crippen molar-refractivity contribution < 1.29 is 4.43 Å². The third-order valence-electron chi connectivity index (χ3n) is 4.44. The summed E-state index contributed by atoms with van der Waals surface area (Å²) >= 11 is 2.16. The molecule has 2 rings (SSSR count). The lowest BCUT2D eigenvalue weighted by Gasteiger charge is -2.36. The molecule has 0 amide bonds. The van der Waals surface area contributed by atoms with Gasteiger partial charge in [0.1, 0.15) is 5.82 Å². The maximum atomic E-state index is 6.20. The zero-order valence-corrected chi connectivity index (χ0v) is 18.0. The van der Waals surface area contributed by atoms with E-state index in [-0.39, 0.29) is 5.04 Å². The van der Waals surface area contributed by atoms with Gasteiger partial charge in [-0.05, 0) is 63.6 Å². The van der Waals surface area contributed by atoms with Gasteiger partial charge in [-0.1, -0.05) is 20.8 Å². The SMILES string of the molecule is CC(C)(C)[Si](C)(C)OCCCn1nnnc1-c1cnc(N)c(I)c1. The molecule has 0 aliphatic carbocycles. The summed E-state index contributed by atoms with van der Waals surface area (Å²) in [5, 5.41) is 12.2. The number of aromatic nitrogens is 5. The third kappa shape index (κ3) is 4.51. The molecule has 0 saturated carbocycles. The zero-order chi connectivity index (χ0) is 18.0. The fraction of sp³-hybridized carbons (Fsp3) is 0.600. The number of nitrogens with two attached hydrogens (primary N) is 1. The van der Waals surface area contributed by atoms with E-state index in [1.165, 1.54) is 0 Å². The van der Waals surface area contributed by atoms with Crippen molar-refractivity contribution >= 4 is 36.7 Å². The standard InChI is InChI=1S/C15H25IN6OSi/c1-15(2,3)24(4,5)23-8-6-7-22-14(19-20-21-22)11-9-12(16)13(17)18-10-11/h9-10H,6-8H2,1-5H3,(H2,17,18). The van der Waals surface area contributed by atoms with Gasteiger partial charge in [0, 0.05) is 24.9 Å². The van der Waals surface area contributed by atoms with Crippen LogP contribution in [-0.4, -0.2) is 40.1 Å². The minimum absolute atomic E-state index is 0.222. The first kappa shape index (κ1) is 19.3. The lowest BCUT2D eigenvalue weighted by atomic mass is 10.2. The van der Waals surface area contributed by atoms with Crippen LogP contribution in [0.25, 0.3) is 11.4 Å². The topological polar surface area (TPSA) is 91.7 Å². The summed E-state index contributed by atoms with van der Waals surface area (Å²) in [4.78, 5) is 4.17. The second-order valence-electron chi connectivity index (χ2n) is 7.28. The molecule has 24 heavy (non-hydrogen) atoms. The maximum absolute atomic E-state index is 6.20. The van der Waals surface area contributed by atoms with E-state index in [1.807, 2.05) is 6.07 Å². The number of nitrogen functional groups attached to an aromatic ring is 1. The molecule has 0 spiro atoms. The predicted octanol–water partition coefficient (Wildman–Crippen LogP) is 3.33. The van der Waals surface area contributed by atoms with E-state index < -0.39 is 8.32 Å². The molecule has 0 aliphatic heterocycles. The normalized spacial score (nSPS) is 12.6. The Morgan fingerprint density at radius 2 is 2.04 bits per heavy atom. The van der Waals surface area contributed by atoms with Crippen LogP contribution in [0, 0.1) is 3.57 Å². The van der Waals surface area contributed by atoms with E-state index in [0.717, 1.165) is 15.6 Å². The first-order valence-corrected chi connectivity index (χ1v) is 11.9. The summed E-state index contributed by atoms with van der Waals surface area (Å²) in [6, 6.07) is 1.94. The molecule has 132 valence electrons. The van der Waals surface area contributed by atoms with Crippen LogP contribution in [0.2, 0.25) is 18.1 Å². The Labute approximate surface area is 157 Å². The van der Waals surface area contributed by atoms with Crippen molar-refractivity contribution in [3.63, 3.8) is 0 Å². The molecular formula is C15H25IN6OSi. The molecule has 7 nitrogen and oxygen atoms in total. The minimum atomic E-state index is -1.70. The summed E-state index contributed by atoms with van der Waals surface area (Å²) in [7, 11) is -1.70. The summed E-state index contributed by atoms with van der Waals surface area (Å²) in [5.74, 6) is 1.22. The van der Waals surface area contributed by atoms with E-state index in [1.54, 1.807) is 10.9 Å². The van der Waals surface area contributed by atoms with Gasteiger partial charge in [0.05, 0.1) is 3.57 Å². The molecule has 0 radical (unpaired) electrons. The lowest BCUT2D eigenvalue weighted by Crippen LogP contribution is -2.41. The van der Waals surface area contributed by atoms with E-state index in [2.05, 4.69) is 77.0 Å². The van der Waals surface area contributed by atoms with Crippen LogP contribution in [0.4, 0.5) is 5.82 Å². The Kier molecular flexibility index (Phi) is 5.97. The van der Waals surface area contributed by atoms with Gasteiger partial charge in [0.25, 0.3) is 0 Å². The Hall–Kier alpha value is -1.07. The fourth-order valence-electron chi connectivity index (χ4n) is 1.89. The summed E-state index contributed by atoms with van der Waals surface area (Å²) in [6.07, 6.45) is 2.57. The Balaban J connectivity index is 1.98. The van der Waals surface area contributed by atoms with Crippen molar-refractivity contribution in [3.05, 3.63) is 15.8 Å². The zero-order valence-electron chi connectivity index (χ0n) is 14.9. The van der Waals surface area contributed by atoms with Crippen LogP contribution in [-0.2, 0) is 11.0 Å². The second kappa shape index (κ2) is 7.44. The van der Waals surface area contributed by atoms with Crippen molar-refractivity contribution in [2.24, 2.45) is 0 Å². The molecule has 0 aromatic carbocycles. The molecule has 0 aliphatic rings. The van der Waals surface area contributed by atoms with Crippen molar-refractivity contribution in [3.8, 4) is 11.4 Å². The number of anilines is 1. The van der Waals surface area contributed by atoms with Gasteiger partial charge in [-0.15, -0.1) is 5.10 Å². The number of halogens is 1. The maximum Gasteiger partial charge on any atom is 0.191 e. The second-order valence-corrected chi connectivity index (χ2v) is 13.3. The van der Waals surface area contributed by atoms with Crippen molar-refractivity contribution in [2.75, 3.05) is 12.3 Å². The highest BCUT2D eigenvalue weighted by Gasteiger charge is 2.36. The van der Waals surface area contributed by atoms with Crippen LogP contribution in [0.5, 0.6) is 0 Å². The van der Waals surface area contributed by atoms with Gasteiger partial charge in [0.2, 0.25) is 0 Å². The molecule has 0 atom stereocenters. The minimum Gasteiger partial charge on any atom is -0.417 e. The summed E-state index contributed by atoms with van der Waals surface area (Å²) < 4.78 is 8.88. The Morgan fingerprint density at radius 1 is 1.33 bits per heavy atom. The Bertz CT molecular complexity index is 698. The average molecular weight is 460 g/mol. The molecule has 0 unspecified atom stereocenters. The monoisotopic (exact) mass is 460 g/mol. The fourth-order valence-corrected chi connectivity index (χ4v) is 3.45. The highest BCUT2D eigenvalue weighted by atomic mass is 127.